The number of primary sulfonamides is 1. The Kier molecular flexibility index (Phi) is 6.52. The monoisotopic (exact) mass is 356 g/mol. The Morgan fingerprint density at radius 1 is 1.50 bits per heavy atom. The molecule has 1 fully saturated rings. The Bertz CT molecular complexity index is 665. The summed E-state index contributed by atoms with van der Waals surface area (Å²) in [4.78, 5) is 18.2. The summed E-state index contributed by atoms with van der Waals surface area (Å²) in [6.07, 6.45) is 3.32. The van der Waals surface area contributed by atoms with E-state index in [1.54, 1.807) is 12.3 Å². The zero-order valence-electron chi connectivity index (χ0n) is 13.5. The first-order valence-electron chi connectivity index (χ1n) is 7.99. The van der Waals surface area contributed by atoms with Gasteiger partial charge >= 0.3 is 0 Å². The average molecular weight is 356 g/mol. The molecule has 0 unspecified atom stereocenters. The number of rotatable bonds is 7. The van der Waals surface area contributed by atoms with Crippen LogP contribution in [0.5, 0.6) is 0 Å². The lowest BCUT2D eigenvalue weighted by atomic mass is 10.1. The molecule has 1 amide bonds. The van der Waals surface area contributed by atoms with Crippen LogP contribution in [0.25, 0.3) is 0 Å². The molecule has 1 aliphatic heterocycles. The van der Waals surface area contributed by atoms with Crippen LogP contribution in [-0.4, -0.2) is 49.4 Å². The quantitative estimate of drug-likeness (QED) is 0.617. The minimum atomic E-state index is -3.53. The van der Waals surface area contributed by atoms with Crippen LogP contribution < -0.4 is 15.4 Å². The minimum Gasteiger partial charge on any atom is -0.391 e. The third-order valence-corrected chi connectivity index (χ3v) is 4.73. The number of aromatic nitrogens is 1. The summed E-state index contributed by atoms with van der Waals surface area (Å²) in [5.74, 6) is 0.331. The Hall–Kier alpha value is -1.71. The molecule has 0 aromatic carbocycles. The molecule has 8 nitrogen and oxygen atoms in total. The van der Waals surface area contributed by atoms with E-state index in [1.807, 2.05) is 11.0 Å². The van der Waals surface area contributed by atoms with Crippen molar-refractivity contribution in [2.75, 3.05) is 23.7 Å². The van der Waals surface area contributed by atoms with E-state index >= 15 is 0 Å². The highest BCUT2D eigenvalue weighted by Gasteiger charge is 2.21. The number of hydrogen-bond acceptors (Lipinski definition) is 6. The number of amides is 1. The summed E-state index contributed by atoms with van der Waals surface area (Å²) >= 11 is 0. The number of aliphatic hydroxyl groups is 1. The molecule has 2 rings (SSSR count). The molecule has 9 heteroatoms. The number of β-amino-alcohol motifs (C(OH)–C–C–N with tert-alkyl or cyclic N) is 1. The molecule has 0 bridgehead atoms. The van der Waals surface area contributed by atoms with Gasteiger partial charge in [-0.1, -0.05) is 6.07 Å². The van der Waals surface area contributed by atoms with Gasteiger partial charge in [0.05, 0.1) is 11.9 Å². The number of pyridine rings is 1. The molecule has 0 spiro atoms. The van der Waals surface area contributed by atoms with Gasteiger partial charge in [0.2, 0.25) is 15.9 Å². The van der Waals surface area contributed by atoms with Gasteiger partial charge in [0, 0.05) is 37.8 Å². The number of nitrogens with zero attached hydrogens (tertiary/aromatic N) is 2. The van der Waals surface area contributed by atoms with Crippen molar-refractivity contribution in [3.63, 3.8) is 0 Å². The molecule has 1 saturated heterocycles. The van der Waals surface area contributed by atoms with Crippen molar-refractivity contribution in [3.8, 4) is 0 Å². The predicted octanol–water partition coefficient (Wildman–Crippen LogP) is -0.272. The van der Waals surface area contributed by atoms with Gasteiger partial charge in [-0.15, -0.1) is 0 Å². The van der Waals surface area contributed by atoms with Crippen molar-refractivity contribution >= 4 is 21.7 Å². The van der Waals surface area contributed by atoms with Crippen molar-refractivity contribution in [2.45, 2.75) is 38.3 Å². The number of aliphatic hydroxyl groups excluding tert-OH is 1. The summed E-state index contributed by atoms with van der Waals surface area (Å²) < 4.78 is 21.7. The maximum absolute atomic E-state index is 11.8. The third kappa shape index (κ3) is 6.06. The van der Waals surface area contributed by atoms with Gasteiger partial charge in [0.15, 0.2) is 0 Å². The number of anilines is 1. The van der Waals surface area contributed by atoms with Crippen LogP contribution in [0, 0.1) is 0 Å². The summed E-state index contributed by atoms with van der Waals surface area (Å²) in [5, 5.41) is 17.5. The molecule has 0 saturated carbocycles. The Morgan fingerprint density at radius 2 is 2.29 bits per heavy atom. The van der Waals surface area contributed by atoms with Crippen LogP contribution in [0.2, 0.25) is 0 Å². The van der Waals surface area contributed by atoms with Crippen LogP contribution in [0.4, 0.5) is 5.82 Å². The number of nitrogens with two attached hydrogens (primary N) is 1. The van der Waals surface area contributed by atoms with Gasteiger partial charge in [-0.2, -0.15) is 0 Å². The van der Waals surface area contributed by atoms with E-state index in [1.165, 1.54) is 0 Å². The largest absolute Gasteiger partial charge is 0.391 e. The Labute approximate surface area is 142 Å². The lowest BCUT2D eigenvalue weighted by Gasteiger charge is -2.32. The van der Waals surface area contributed by atoms with E-state index in [9.17, 15) is 18.3 Å². The molecule has 24 heavy (non-hydrogen) atoms. The molecule has 2 heterocycles. The summed E-state index contributed by atoms with van der Waals surface area (Å²) in [6.45, 7) is 1.67. The van der Waals surface area contributed by atoms with Crippen molar-refractivity contribution in [2.24, 2.45) is 5.14 Å². The molecule has 1 aromatic heterocycles. The van der Waals surface area contributed by atoms with E-state index in [-0.39, 0.29) is 30.6 Å². The number of carbonyl (C=O) groups is 1. The highest BCUT2D eigenvalue weighted by Crippen LogP contribution is 2.21. The number of piperidine rings is 1. The van der Waals surface area contributed by atoms with E-state index in [2.05, 4.69) is 10.3 Å². The average Bonchev–Trinajstić information content (AvgIpc) is 2.52. The molecule has 0 aliphatic carbocycles. The highest BCUT2D eigenvalue weighted by molar-refractivity contribution is 7.89. The van der Waals surface area contributed by atoms with Crippen molar-refractivity contribution < 1.29 is 18.3 Å². The fourth-order valence-electron chi connectivity index (χ4n) is 2.72. The van der Waals surface area contributed by atoms with Gasteiger partial charge in [-0.05, 0) is 25.3 Å². The zero-order valence-corrected chi connectivity index (χ0v) is 14.3. The fraction of sp³-hybridized carbons (Fsp3) is 0.600. The SMILES string of the molecule is NS(=O)(=O)CCCC(=O)NCc1cccnc1N1CCC[C@H](O)C1. The van der Waals surface area contributed by atoms with Gasteiger partial charge < -0.3 is 15.3 Å². The van der Waals surface area contributed by atoms with Gasteiger partial charge in [0.1, 0.15) is 5.82 Å². The minimum absolute atomic E-state index is 0.106. The molecule has 4 N–H and O–H groups in total. The zero-order chi connectivity index (χ0) is 17.6. The number of sulfonamides is 1. The van der Waals surface area contributed by atoms with E-state index in [0.29, 0.717) is 13.1 Å². The van der Waals surface area contributed by atoms with E-state index in [0.717, 1.165) is 30.8 Å². The van der Waals surface area contributed by atoms with Crippen LogP contribution in [0.15, 0.2) is 18.3 Å². The second kappa shape index (κ2) is 8.41. The number of carbonyl (C=O) groups excluding carboxylic acids is 1. The first-order chi connectivity index (χ1) is 11.3. The second-order valence-corrected chi connectivity index (χ2v) is 7.71. The fourth-order valence-corrected chi connectivity index (χ4v) is 3.26. The maximum Gasteiger partial charge on any atom is 0.220 e. The van der Waals surface area contributed by atoms with Crippen LogP contribution in [0.1, 0.15) is 31.2 Å². The van der Waals surface area contributed by atoms with Crippen molar-refractivity contribution in [1.29, 1.82) is 0 Å². The van der Waals surface area contributed by atoms with Crippen molar-refractivity contribution in [1.82, 2.24) is 10.3 Å². The molecule has 134 valence electrons. The topological polar surface area (TPSA) is 126 Å². The van der Waals surface area contributed by atoms with Gasteiger partial charge in [-0.3, -0.25) is 4.79 Å². The third-order valence-electron chi connectivity index (χ3n) is 3.87. The van der Waals surface area contributed by atoms with Crippen LogP contribution in [-0.2, 0) is 21.4 Å². The number of hydrogen-bond donors (Lipinski definition) is 3. The predicted molar refractivity (Wildman–Crippen MR) is 90.7 cm³/mol. The second-order valence-electron chi connectivity index (χ2n) is 5.98. The van der Waals surface area contributed by atoms with Crippen LogP contribution in [0.3, 0.4) is 0 Å². The highest BCUT2D eigenvalue weighted by atomic mass is 32.2. The molecular formula is C15H24N4O4S. The van der Waals surface area contributed by atoms with E-state index < -0.39 is 10.0 Å². The Morgan fingerprint density at radius 3 is 3.00 bits per heavy atom. The molecule has 1 aliphatic rings. The van der Waals surface area contributed by atoms with Crippen molar-refractivity contribution in [3.05, 3.63) is 23.9 Å². The lowest BCUT2D eigenvalue weighted by Crippen LogP contribution is -2.39. The van der Waals surface area contributed by atoms with E-state index in [4.69, 9.17) is 5.14 Å². The Balaban J connectivity index is 1.89. The first-order valence-corrected chi connectivity index (χ1v) is 9.71. The molecule has 0 radical (unpaired) electrons. The molecular weight excluding hydrogens is 332 g/mol. The number of nitrogens with one attached hydrogen (secondary N) is 1. The van der Waals surface area contributed by atoms with Gasteiger partial charge in [0.25, 0.3) is 0 Å². The summed E-state index contributed by atoms with van der Waals surface area (Å²) in [7, 11) is -3.53. The summed E-state index contributed by atoms with van der Waals surface area (Å²) in [5.41, 5.74) is 0.867. The van der Waals surface area contributed by atoms with Crippen LogP contribution >= 0.6 is 0 Å². The first kappa shape index (κ1) is 18.6. The van der Waals surface area contributed by atoms with Gasteiger partial charge in [-0.25, -0.2) is 18.5 Å². The molecule has 1 aromatic rings. The standard InChI is InChI=1S/C15H24N4O4S/c16-24(22,23)9-3-6-14(21)18-10-12-4-1-7-17-15(12)19-8-2-5-13(20)11-19/h1,4,7,13,20H,2-3,5-6,8-11H2,(H,18,21)(H2,16,22,23)/t13-/m0/s1. The summed E-state index contributed by atoms with van der Waals surface area (Å²) in [6, 6.07) is 3.68. The maximum atomic E-state index is 11.8. The lowest BCUT2D eigenvalue weighted by molar-refractivity contribution is -0.121. The molecule has 1 atom stereocenters. The normalized spacial score (nSPS) is 18.4. The smallest absolute Gasteiger partial charge is 0.220 e.